The third kappa shape index (κ3) is 8.43. The van der Waals surface area contributed by atoms with Crippen molar-refractivity contribution in [1.82, 2.24) is 0 Å². The van der Waals surface area contributed by atoms with Crippen LogP contribution in [-0.2, 0) is 30.4 Å². The second kappa shape index (κ2) is 13.1. The first kappa shape index (κ1) is 36.0. The average molecular weight is 711 g/mol. The molecule has 250 valence electrons. The SMILES string of the molecule is Nc1cc2c(O)c(N)c(S(=O)(=O)O)cc2cc1S(=O)(=O)O.Nc1ccc(N)c2cc(S(=O)(=O)O)ccc12.Nc1ccc([N+](=O)[O-])cc1. The van der Waals surface area contributed by atoms with Crippen molar-refractivity contribution in [2.75, 3.05) is 28.7 Å². The number of aromatic hydroxyl groups is 1. The van der Waals surface area contributed by atoms with Crippen molar-refractivity contribution < 1.29 is 48.9 Å². The molecule has 0 bridgehead atoms. The molecule has 0 aromatic heterocycles. The molecule has 0 amide bonds. The number of benzene rings is 5. The first-order valence-corrected chi connectivity index (χ1v) is 16.7. The number of non-ortho nitro benzene ring substituents is 1. The number of nitrogen functional groups attached to an aromatic ring is 5. The standard InChI is InChI=1S/C10H10N2O7S2.C10H10N2O3S.C6H6N2O2/c11-6-3-5-4(1-7(6)20(14,15)16)2-8(21(17,18)19)9(12)10(5)13;11-9-3-4-10(12)8-5-6(16(13,14)15)1-2-7(8)9;7-5-1-3-6(4-2-5)8(9)10/h1-3,13H,11-12H2,(H,14,15,16)(H,17,18,19);1-5H,11-12H2,(H,13,14,15);1-4H,7H2. The second-order valence-corrected chi connectivity index (χ2v) is 13.7. The Morgan fingerprint density at radius 1 is 0.574 bits per heavy atom. The molecule has 14 N–H and O–H groups in total. The minimum atomic E-state index is -4.73. The van der Waals surface area contributed by atoms with Crippen LogP contribution in [0.25, 0.3) is 21.5 Å². The van der Waals surface area contributed by atoms with Crippen LogP contribution in [0.1, 0.15) is 0 Å². The molecule has 18 nitrogen and oxygen atoms in total. The normalized spacial score (nSPS) is 11.6. The molecule has 0 aliphatic carbocycles. The van der Waals surface area contributed by atoms with E-state index in [9.17, 15) is 40.5 Å². The Morgan fingerprint density at radius 3 is 1.57 bits per heavy atom. The molecule has 0 unspecified atom stereocenters. The third-order valence-corrected chi connectivity index (χ3v) is 8.91. The molecule has 0 saturated heterocycles. The lowest BCUT2D eigenvalue weighted by Crippen LogP contribution is -2.06. The lowest BCUT2D eigenvalue weighted by molar-refractivity contribution is -0.384. The summed E-state index contributed by atoms with van der Waals surface area (Å²) < 4.78 is 93.5. The summed E-state index contributed by atoms with van der Waals surface area (Å²) in [5, 5.41) is 21.0. The quantitative estimate of drug-likeness (QED) is 0.0425. The summed E-state index contributed by atoms with van der Waals surface area (Å²) >= 11 is 0. The second-order valence-electron chi connectivity index (χ2n) is 9.47. The van der Waals surface area contributed by atoms with Gasteiger partial charge in [0.25, 0.3) is 36.0 Å². The van der Waals surface area contributed by atoms with E-state index in [0.29, 0.717) is 27.8 Å². The van der Waals surface area contributed by atoms with E-state index >= 15 is 0 Å². The highest BCUT2D eigenvalue weighted by molar-refractivity contribution is 7.86. The number of phenols is 1. The molecule has 0 fully saturated rings. The Bertz CT molecular complexity index is 2360. The predicted molar refractivity (Wildman–Crippen MR) is 174 cm³/mol. The van der Waals surface area contributed by atoms with Gasteiger partial charge in [0.05, 0.1) is 21.2 Å². The molecule has 47 heavy (non-hydrogen) atoms. The van der Waals surface area contributed by atoms with Crippen LogP contribution in [0, 0.1) is 10.1 Å². The minimum Gasteiger partial charge on any atom is -0.505 e. The predicted octanol–water partition coefficient (Wildman–Crippen LogP) is 2.63. The van der Waals surface area contributed by atoms with Gasteiger partial charge in [-0.05, 0) is 60.0 Å². The van der Waals surface area contributed by atoms with Gasteiger partial charge in [0, 0.05) is 45.4 Å². The lowest BCUT2D eigenvalue weighted by Gasteiger charge is -2.11. The molecule has 5 aromatic rings. The highest BCUT2D eigenvalue weighted by Gasteiger charge is 2.22. The van der Waals surface area contributed by atoms with Crippen LogP contribution in [0.5, 0.6) is 5.75 Å². The molecule has 0 atom stereocenters. The molecular weight excluding hydrogens is 685 g/mol. The summed E-state index contributed by atoms with van der Waals surface area (Å²) in [6.45, 7) is 0. The molecular formula is C26H26N6O12S3. The summed E-state index contributed by atoms with van der Waals surface area (Å²) in [5.74, 6) is -0.686. The molecule has 0 radical (unpaired) electrons. The molecule has 0 heterocycles. The first-order valence-electron chi connectivity index (χ1n) is 12.4. The fourth-order valence-corrected chi connectivity index (χ4v) is 5.77. The molecule has 0 aliphatic rings. The monoisotopic (exact) mass is 710 g/mol. The van der Waals surface area contributed by atoms with Crippen molar-refractivity contribution in [1.29, 1.82) is 0 Å². The molecule has 0 spiro atoms. The number of nitrogens with two attached hydrogens (primary N) is 5. The number of nitro groups is 1. The van der Waals surface area contributed by atoms with Crippen LogP contribution in [0.15, 0.2) is 87.5 Å². The van der Waals surface area contributed by atoms with Crippen LogP contribution in [0.2, 0.25) is 0 Å². The Kier molecular flexibility index (Phi) is 10.1. The van der Waals surface area contributed by atoms with Gasteiger partial charge in [-0.15, -0.1) is 0 Å². The van der Waals surface area contributed by atoms with E-state index < -0.39 is 56.5 Å². The summed E-state index contributed by atoms with van der Waals surface area (Å²) in [4.78, 5) is 7.96. The minimum absolute atomic E-state index is 0.0372. The van der Waals surface area contributed by atoms with Gasteiger partial charge < -0.3 is 33.8 Å². The zero-order valence-electron chi connectivity index (χ0n) is 23.5. The van der Waals surface area contributed by atoms with Gasteiger partial charge in [0.1, 0.15) is 15.5 Å². The van der Waals surface area contributed by atoms with Crippen molar-refractivity contribution in [2.24, 2.45) is 0 Å². The maximum absolute atomic E-state index is 11.2. The van der Waals surface area contributed by atoms with E-state index in [0.717, 1.165) is 18.2 Å². The lowest BCUT2D eigenvalue weighted by atomic mass is 10.1. The molecule has 0 aliphatic heterocycles. The van der Waals surface area contributed by atoms with Gasteiger partial charge >= 0.3 is 0 Å². The van der Waals surface area contributed by atoms with Crippen LogP contribution in [-0.4, -0.2) is 48.9 Å². The van der Waals surface area contributed by atoms with Crippen LogP contribution >= 0.6 is 0 Å². The zero-order chi connectivity index (χ0) is 35.6. The number of anilines is 5. The van der Waals surface area contributed by atoms with Crippen molar-refractivity contribution in [2.45, 2.75) is 14.7 Å². The highest BCUT2D eigenvalue weighted by atomic mass is 32.2. The Balaban J connectivity index is 0.000000204. The van der Waals surface area contributed by atoms with Crippen molar-refractivity contribution in [3.8, 4) is 5.75 Å². The summed E-state index contributed by atoms with van der Waals surface area (Å²) in [6, 6.07) is 15.8. The van der Waals surface area contributed by atoms with Crippen molar-refractivity contribution in [3.63, 3.8) is 0 Å². The van der Waals surface area contributed by atoms with Gasteiger partial charge in [0.15, 0.2) is 0 Å². The van der Waals surface area contributed by atoms with Crippen LogP contribution < -0.4 is 28.7 Å². The number of phenolic OH excluding ortho intramolecular Hbond substituents is 1. The van der Waals surface area contributed by atoms with E-state index in [1.54, 1.807) is 12.1 Å². The number of rotatable bonds is 4. The first-order chi connectivity index (χ1) is 21.5. The molecule has 21 heteroatoms. The summed E-state index contributed by atoms with van der Waals surface area (Å²) in [5.41, 5.74) is 28.1. The van der Waals surface area contributed by atoms with Crippen LogP contribution in [0.3, 0.4) is 0 Å². The van der Waals surface area contributed by atoms with E-state index in [-0.39, 0.29) is 27.0 Å². The van der Waals surface area contributed by atoms with Gasteiger partial charge in [0.2, 0.25) is 0 Å². The zero-order valence-corrected chi connectivity index (χ0v) is 26.0. The number of nitro benzene ring substituents is 1. The Labute approximate surface area is 266 Å². The molecule has 5 aromatic carbocycles. The van der Waals surface area contributed by atoms with E-state index in [1.807, 2.05) is 0 Å². The van der Waals surface area contributed by atoms with E-state index in [2.05, 4.69) is 0 Å². The highest BCUT2D eigenvalue weighted by Crippen LogP contribution is 2.39. The van der Waals surface area contributed by atoms with E-state index in [4.69, 9.17) is 42.3 Å². The van der Waals surface area contributed by atoms with Gasteiger partial charge in [-0.1, -0.05) is 6.07 Å². The maximum Gasteiger partial charge on any atom is 0.296 e. The van der Waals surface area contributed by atoms with Crippen LogP contribution in [0.4, 0.5) is 34.1 Å². The number of hydrogen-bond acceptors (Lipinski definition) is 14. The fraction of sp³-hybridized carbons (Fsp3) is 0. The number of nitrogens with zero attached hydrogens (tertiary/aromatic N) is 1. The molecule has 0 saturated carbocycles. The number of hydrogen-bond donors (Lipinski definition) is 9. The third-order valence-electron chi connectivity index (χ3n) is 6.26. The maximum atomic E-state index is 11.2. The Morgan fingerprint density at radius 2 is 1.09 bits per heavy atom. The summed E-state index contributed by atoms with van der Waals surface area (Å²) in [6.07, 6.45) is 0. The average Bonchev–Trinajstić information content (AvgIpc) is 2.96. The van der Waals surface area contributed by atoms with Crippen molar-refractivity contribution >= 4 is 86.0 Å². The smallest absolute Gasteiger partial charge is 0.296 e. The van der Waals surface area contributed by atoms with Gasteiger partial charge in [-0.25, -0.2) is 0 Å². The van der Waals surface area contributed by atoms with Crippen molar-refractivity contribution in [3.05, 3.63) is 82.9 Å². The molecule has 5 rings (SSSR count). The topological polar surface area (TPSA) is 357 Å². The Hall–Kier alpha value is -5.45. The van der Waals surface area contributed by atoms with Gasteiger partial charge in [-0.2, -0.15) is 25.3 Å². The summed E-state index contributed by atoms with van der Waals surface area (Å²) in [7, 11) is -13.6. The van der Waals surface area contributed by atoms with E-state index in [1.165, 1.54) is 42.5 Å². The van der Waals surface area contributed by atoms with Gasteiger partial charge in [-0.3, -0.25) is 23.8 Å². The largest absolute Gasteiger partial charge is 0.505 e. The fourth-order valence-electron chi connectivity index (χ4n) is 3.98. The number of fused-ring (bicyclic) bond motifs is 2.